The molecule has 0 amide bonds. The predicted molar refractivity (Wildman–Crippen MR) is 68.1 cm³/mol. The average Bonchev–Trinajstić information content (AvgIpc) is 2.86. The van der Waals surface area contributed by atoms with E-state index in [0.717, 1.165) is 6.07 Å². The normalized spacial score (nSPS) is 12.7. The minimum Gasteiger partial charge on any atom is -0.334 e. The van der Waals surface area contributed by atoms with Gasteiger partial charge in [0, 0.05) is 6.07 Å². The smallest absolute Gasteiger partial charge is 0.272 e. The summed E-state index contributed by atoms with van der Waals surface area (Å²) in [4.78, 5) is 13.9. The van der Waals surface area contributed by atoms with E-state index in [1.165, 1.54) is 12.1 Å². The quantitative estimate of drug-likeness (QED) is 0.680. The van der Waals surface area contributed by atoms with Gasteiger partial charge in [-0.25, -0.2) is 4.39 Å². The van der Waals surface area contributed by atoms with Gasteiger partial charge < -0.3 is 10.3 Å². The summed E-state index contributed by atoms with van der Waals surface area (Å²) in [5.41, 5.74) is 5.53. The first-order chi connectivity index (χ1) is 9.40. The number of hydrogen-bond donors (Lipinski definition) is 1. The molecule has 8 heteroatoms. The molecule has 0 radical (unpaired) electrons. The average molecular weight is 280 g/mol. The first kappa shape index (κ1) is 14.1. The van der Waals surface area contributed by atoms with Crippen LogP contribution < -0.4 is 5.73 Å². The Morgan fingerprint density at radius 1 is 1.45 bits per heavy atom. The lowest BCUT2D eigenvalue weighted by Gasteiger charge is -2.09. The maximum Gasteiger partial charge on any atom is 0.272 e. The SMILES string of the molecule is CC(C)C(N)c1noc(-c2ccc([N+](=O)[O-])cc2F)n1. The molecule has 106 valence electrons. The molecular weight excluding hydrogens is 267 g/mol. The highest BCUT2D eigenvalue weighted by Gasteiger charge is 2.21. The van der Waals surface area contributed by atoms with Crippen LogP contribution in [0.25, 0.3) is 11.5 Å². The van der Waals surface area contributed by atoms with Gasteiger partial charge in [-0.15, -0.1) is 0 Å². The van der Waals surface area contributed by atoms with Crippen LogP contribution in [0.1, 0.15) is 25.7 Å². The third-order valence-electron chi connectivity index (χ3n) is 2.85. The van der Waals surface area contributed by atoms with E-state index in [1.54, 1.807) is 0 Å². The van der Waals surface area contributed by atoms with Crippen LogP contribution in [0, 0.1) is 21.8 Å². The van der Waals surface area contributed by atoms with Gasteiger partial charge >= 0.3 is 0 Å². The highest BCUT2D eigenvalue weighted by Crippen LogP contribution is 2.26. The molecule has 1 aromatic carbocycles. The van der Waals surface area contributed by atoms with E-state index >= 15 is 0 Å². The van der Waals surface area contributed by atoms with Gasteiger partial charge in [0.2, 0.25) is 0 Å². The molecule has 7 nitrogen and oxygen atoms in total. The Kier molecular flexibility index (Phi) is 3.75. The van der Waals surface area contributed by atoms with Crippen LogP contribution in [0.5, 0.6) is 0 Å². The third-order valence-corrected chi connectivity index (χ3v) is 2.85. The zero-order valence-electron chi connectivity index (χ0n) is 10.9. The van der Waals surface area contributed by atoms with Crippen molar-refractivity contribution in [3.63, 3.8) is 0 Å². The molecule has 1 unspecified atom stereocenters. The Bertz CT molecular complexity index is 641. The standard InChI is InChI=1S/C12H13FN4O3/c1-6(2)10(14)11-15-12(20-16-11)8-4-3-7(17(18)19)5-9(8)13/h3-6,10H,14H2,1-2H3. The lowest BCUT2D eigenvalue weighted by atomic mass is 10.1. The third kappa shape index (κ3) is 2.64. The van der Waals surface area contributed by atoms with Crippen molar-refractivity contribution in [1.82, 2.24) is 10.1 Å². The summed E-state index contributed by atoms with van der Waals surface area (Å²) in [6.45, 7) is 3.79. The van der Waals surface area contributed by atoms with Gasteiger partial charge in [-0.1, -0.05) is 19.0 Å². The second kappa shape index (κ2) is 5.33. The first-order valence-electron chi connectivity index (χ1n) is 5.93. The fourth-order valence-corrected chi connectivity index (χ4v) is 1.57. The van der Waals surface area contributed by atoms with Gasteiger partial charge in [0.05, 0.1) is 22.6 Å². The molecule has 0 saturated heterocycles. The molecule has 1 aromatic heterocycles. The zero-order valence-corrected chi connectivity index (χ0v) is 10.9. The van der Waals surface area contributed by atoms with Crippen molar-refractivity contribution in [1.29, 1.82) is 0 Å². The lowest BCUT2D eigenvalue weighted by Crippen LogP contribution is -2.18. The van der Waals surface area contributed by atoms with Crippen molar-refractivity contribution in [3.05, 3.63) is 40.0 Å². The van der Waals surface area contributed by atoms with Crippen LogP contribution in [-0.2, 0) is 0 Å². The molecule has 0 aliphatic heterocycles. The number of halogens is 1. The highest BCUT2D eigenvalue weighted by molar-refractivity contribution is 5.56. The van der Waals surface area contributed by atoms with Crippen molar-refractivity contribution >= 4 is 5.69 Å². The van der Waals surface area contributed by atoms with Gasteiger partial charge in [0.25, 0.3) is 11.6 Å². The summed E-state index contributed by atoms with van der Waals surface area (Å²) >= 11 is 0. The van der Waals surface area contributed by atoms with E-state index < -0.39 is 16.8 Å². The van der Waals surface area contributed by atoms with Crippen LogP contribution in [-0.4, -0.2) is 15.1 Å². The van der Waals surface area contributed by atoms with Crippen LogP contribution >= 0.6 is 0 Å². The Labute approximate surface area is 113 Å². The summed E-state index contributed by atoms with van der Waals surface area (Å²) in [5, 5.41) is 14.2. The van der Waals surface area contributed by atoms with Crippen LogP contribution in [0.2, 0.25) is 0 Å². The number of rotatable bonds is 4. The molecule has 0 spiro atoms. The maximum absolute atomic E-state index is 13.8. The van der Waals surface area contributed by atoms with Gasteiger partial charge in [-0.05, 0) is 12.0 Å². The number of non-ortho nitro benzene ring substituents is 1. The fraction of sp³-hybridized carbons (Fsp3) is 0.333. The van der Waals surface area contributed by atoms with Crippen molar-refractivity contribution < 1.29 is 13.8 Å². The number of benzene rings is 1. The monoisotopic (exact) mass is 280 g/mol. The number of nitrogens with zero attached hydrogens (tertiary/aromatic N) is 3. The van der Waals surface area contributed by atoms with Gasteiger partial charge in [-0.3, -0.25) is 10.1 Å². The van der Waals surface area contributed by atoms with Crippen molar-refractivity contribution in [3.8, 4) is 11.5 Å². The minimum atomic E-state index is -0.799. The van der Waals surface area contributed by atoms with Crippen LogP contribution in [0.3, 0.4) is 0 Å². The summed E-state index contributed by atoms with van der Waals surface area (Å²) in [6, 6.07) is 2.78. The minimum absolute atomic E-state index is 0.00491. The topological polar surface area (TPSA) is 108 Å². The number of nitro benzene ring substituents is 1. The molecule has 0 fully saturated rings. The second-order valence-electron chi connectivity index (χ2n) is 4.65. The Morgan fingerprint density at radius 2 is 2.15 bits per heavy atom. The predicted octanol–water partition coefficient (Wildman–Crippen LogP) is 2.44. The molecule has 2 rings (SSSR count). The van der Waals surface area contributed by atoms with Crippen LogP contribution in [0.15, 0.2) is 22.7 Å². The molecule has 1 heterocycles. The van der Waals surface area contributed by atoms with E-state index in [2.05, 4.69) is 10.1 Å². The van der Waals surface area contributed by atoms with Crippen molar-refractivity contribution in [2.24, 2.45) is 11.7 Å². The molecule has 0 saturated carbocycles. The lowest BCUT2D eigenvalue weighted by molar-refractivity contribution is -0.385. The summed E-state index contributed by atoms with van der Waals surface area (Å²) in [7, 11) is 0. The Balaban J connectivity index is 2.35. The Hall–Kier alpha value is -2.35. The zero-order chi connectivity index (χ0) is 14.9. The largest absolute Gasteiger partial charge is 0.334 e. The molecule has 2 N–H and O–H groups in total. The number of hydrogen-bond acceptors (Lipinski definition) is 6. The Morgan fingerprint density at radius 3 is 2.70 bits per heavy atom. The highest BCUT2D eigenvalue weighted by atomic mass is 19.1. The molecule has 20 heavy (non-hydrogen) atoms. The van der Waals surface area contributed by atoms with Gasteiger partial charge in [-0.2, -0.15) is 4.98 Å². The van der Waals surface area contributed by atoms with E-state index in [-0.39, 0.29) is 28.9 Å². The molecule has 1 atom stereocenters. The molecular formula is C12H13FN4O3. The second-order valence-corrected chi connectivity index (χ2v) is 4.65. The van der Waals surface area contributed by atoms with E-state index in [9.17, 15) is 14.5 Å². The summed E-state index contributed by atoms with van der Waals surface area (Å²) in [5.74, 6) is -0.481. The van der Waals surface area contributed by atoms with E-state index in [1.807, 2.05) is 13.8 Å². The summed E-state index contributed by atoms with van der Waals surface area (Å²) < 4.78 is 18.8. The first-order valence-corrected chi connectivity index (χ1v) is 5.93. The number of aromatic nitrogens is 2. The van der Waals surface area contributed by atoms with Gasteiger partial charge in [0.1, 0.15) is 5.82 Å². The van der Waals surface area contributed by atoms with E-state index in [0.29, 0.717) is 0 Å². The molecule has 0 aliphatic carbocycles. The van der Waals surface area contributed by atoms with Gasteiger partial charge in [0.15, 0.2) is 5.82 Å². The number of nitrogens with two attached hydrogens (primary N) is 1. The molecule has 2 aromatic rings. The van der Waals surface area contributed by atoms with Crippen molar-refractivity contribution in [2.75, 3.05) is 0 Å². The fourth-order valence-electron chi connectivity index (χ4n) is 1.57. The van der Waals surface area contributed by atoms with Crippen molar-refractivity contribution in [2.45, 2.75) is 19.9 Å². The summed E-state index contributed by atoms with van der Waals surface area (Å²) in [6.07, 6.45) is 0. The molecule has 0 aliphatic rings. The molecule has 0 bridgehead atoms. The number of nitro groups is 1. The van der Waals surface area contributed by atoms with Crippen LogP contribution in [0.4, 0.5) is 10.1 Å². The van der Waals surface area contributed by atoms with E-state index in [4.69, 9.17) is 10.3 Å². The maximum atomic E-state index is 13.8.